The minimum atomic E-state index is -0.427. The van der Waals surface area contributed by atoms with E-state index in [9.17, 15) is 9.59 Å². The van der Waals surface area contributed by atoms with Crippen LogP contribution in [0.1, 0.15) is 12.2 Å². The summed E-state index contributed by atoms with van der Waals surface area (Å²) >= 11 is 5.90. The van der Waals surface area contributed by atoms with Crippen LogP contribution in [0.15, 0.2) is 54.6 Å². The van der Waals surface area contributed by atoms with Gasteiger partial charge in [0.05, 0.1) is 18.2 Å². The highest BCUT2D eigenvalue weighted by molar-refractivity contribution is 6.30. The van der Waals surface area contributed by atoms with E-state index in [1.54, 1.807) is 33.8 Å². The highest BCUT2D eigenvalue weighted by Crippen LogP contribution is 2.26. The van der Waals surface area contributed by atoms with Crippen molar-refractivity contribution in [3.8, 4) is 5.69 Å². The molecule has 1 aliphatic rings. The van der Waals surface area contributed by atoms with Crippen LogP contribution >= 0.6 is 11.6 Å². The van der Waals surface area contributed by atoms with Crippen molar-refractivity contribution in [3.05, 3.63) is 65.4 Å². The first kappa shape index (κ1) is 18.1. The first-order chi connectivity index (χ1) is 13.6. The molecule has 0 spiro atoms. The van der Waals surface area contributed by atoms with E-state index < -0.39 is 5.92 Å². The standard InChI is InChI=1S/C19H17ClN6O2/c20-14-6-8-15(9-7-14)25-12-13(10-18(25)27)19(28)21-11-17-22-23-24-26(17)16-4-2-1-3-5-16/h1-9,13H,10-12H2,(H,21,28). The van der Waals surface area contributed by atoms with Crippen LogP contribution in [-0.4, -0.2) is 38.6 Å². The van der Waals surface area contributed by atoms with E-state index >= 15 is 0 Å². The molecular formula is C19H17ClN6O2. The fourth-order valence-corrected chi connectivity index (χ4v) is 3.28. The molecule has 1 saturated heterocycles. The van der Waals surface area contributed by atoms with Gasteiger partial charge in [0.2, 0.25) is 11.8 Å². The zero-order valence-corrected chi connectivity index (χ0v) is 15.6. The van der Waals surface area contributed by atoms with Crippen LogP contribution in [0, 0.1) is 5.92 Å². The largest absolute Gasteiger partial charge is 0.348 e. The summed E-state index contributed by atoms with van der Waals surface area (Å²) in [4.78, 5) is 26.5. The second-order valence-corrected chi connectivity index (χ2v) is 6.88. The number of hydrogen-bond acceptors (Lipinski definition) is 5. The fraction of sp³-hybridized carbons (Fsp3) is 0.211. The molecule has 0 aliphatic carbocycles. The van der Waals surface area contributed by atoms with Gasteiger partial charge >= 0.3 is 0 Å². The van der Waals surface area contributed by atoms with Gasteiger partial charge in [-0.05, 0) is 46.8 Å². The zero-order chi connectivity index (χ0) is 19.5. The highest BCUT2D eigenvalue weighted by Gasteiger charge is 2.35. The molecule has 3 aromatic rings. The van der Waals surface area contributed by atoms with Crippen molar-refractivity contribution in [2.24, 2.45) is 5.92 Å². The summed E-state index contributed by atoms with van der Waals surface area (Å²) in [7, 11) is 0. The molecule has 1 aromatic heterocycles. The van der Waals surface area contributed by atoms with Gasteiger partial charge in [-0.25, -0.2) is 0 Å². The van der Waals surface area contributed by atoms with E-state index in [0.717, 1.165) is 11.4 Å². The summed E-state index contributed by atoms with van der Waals surface area (Å²) in [5, 5.41) is 15.1. The quantitative estimate of drug-likeness (QED) is 0.711. The lowest BCUT2D eigenvalue weighted by Gasteiger charge is -2.16. The Morgan fingerprint density at radius 2 is 1.86 bits per heavy atom. The Morgan fingerprint density at radius 3 is 2.61 bits per heavy atom. The summed E-state index contributed by atoms with van der Waals surface area (Å²) in [6.07, 6.45) is 0.165. The Hall–Kier alpha value is -3.26. The third-order valence-corrected chi connectivity index (χ3v) is 4.84. The number of nitrogens with one attached hydrogen (secondary N) is 1. The monoisotopic (exact) mass is 396 g/mol. The minimum Gasteiger partial charge on any atom is -0.348 e. The van der Waals surface area contributed by atoms with Crippen molar-refractivity contribution >= 4 is 29.1 Å². The molecule has 4 rings (SSSR count). The lowest BCUT2D eigenvalue weighted by atomic mass is 10.1. The van der Waals surface area contributed by atoms with Crippen LogP contribution in [0.2, 0.25) is 5.02 Å². The van der Waals surface area contributed by atoms with Gasteiger partial charge in [0.25, 0.3) is 0 Å². The predicted octanol–water partition coefficient (Wildman–Crippen LogP) is 1.98. The number of amides is 2. The Bertz CT molecular complexity index is 989. The number of hydrogen-bond donors (Lipinski definition) is 1. The molecule has 9 heteroatoms. The van der Waals surface area contributed by atoms with E-state index in [0.29, 0.717) is 17.4 Å². The van der Waals surface area contributed by atoms with Crippen LogP contribution in [0.4, 0.5) is 5.69 Å². The number of aromatic nitrogens is 4. The molecule has 2 amide bonds. The molecule has 2 aromatic carbocycles. The van der Waals surface area contributed by atoms with Gasteiger partial charge in [-0.1, -0.05) is 29.8 Å². The molecule has 2 heterocycles. The van der Waals surface area contributed by atoms with Gasteiger partial charge in [-0.15, -0.1) is 5.10 Å². The van der Waals surface area contributed by atoms with Crippen LogP contribution in [0.5, 0.6) is 0 Å². The second kappa shape index (κ2) is 7.77. The summed E-state index contributed by atoms with van der Waals surface area (Å²) < 4.78 is 1.57. The van der Waals surface area contributed by atoms with Crippen molar-refractivity contribution in [1.82, 2.24) is 25.5 Å². The number of anilines is 1. The molecule has 1 unspecified atom stereocenters. The third kappa shape index (κ3) is 3.72. The molecule has 1 fully saturated rings. The van der Waals surface area contributed by atoms with Crippen molar-refractivity contribution in [2.45, 2.75) is 13.0 Å². The first-order valence-electron chi connectivity index (χ1n) is 8.78. The van der Waals surface area contributed by atoms with Crippen LogP contribution < -0.4 is 10.2 Å². The molecule has 1 atom stereocenters. The first-order valence-corrected chi connectivity index (χ1v) is 9.16. The number of nitrogens with zero attached hydrogens (tertiary/aromatic N) is 5. The number of tetrazole rings is 1. The van der Waals surface area contributed by atoms with Gasteiger partial charge in [-0.2, -0.15) is 4.68 Å². The summed E-state index contributed by atoms with van der Waals surface area (Å²) in [6, 6.07) is 16.4. The Labute approximate surface area is 166 Å². The number of para-hydroxylation sites is 1. The lowest BCUT2D eigenvalue weighted by molar-refractivity contribution is -0.126. The highest BCUT2D eigenvalue weighted by atomic mass is 35.5. The molecule has 8 nitrogen and oxygen atoms in total. The summed E-state index contributed by atoms with van der Waals surface area (Å²) in [5.41, 5.74) is 1.54. The van der Waals surface area contributed by atoms with Crippen LogP contribution in [-0.2, 0) is 16.1 Å². The van der Waals surface area contributed by atoms with E-state index in [2.05, 4.69) is 20.8 Å². The van der Waals surface area contributed by atoms with Gasteiger partial charge in [0.15, 0.2) is 5.82 Å². The number of carbonyl (C=O) groups excluding carboxylic acids is 2. The molecule has 1 N–H and O–H groups in total. The number of carbonyl (C=O) groups is 2. The van der Waals surface area contributed by atoms with Crippen LogP contribution in [0.3, 0.4) is 0 Å². The molecule has 142 valence electrons. The van der Waals surface area contributed by atoms with E-state index in [4.69, 9.17) is 11.6 Å². The van der Waals surface area contributed by atoms with Gasteiger partial charge in [-0.3, -0.25) is 9.59 Å². The van der Waals surface area contributed by atoms with Gasteiger partial charge in [0.1, 0.15) is 0 Å². The minimum absolute atomic E-state index is 0.0865. The third-order valence-electron chi connectivity index (χ3n) is 4.59. The smallest absolute Gasteiger partial charge is 0.227 e. The molecule has 0 saturated carbocycles. The van der Waals surface area contributed by atoms with Crippen molar-refractivity contribution in [1.29, 1.82) is 0 Å². The number of halogens is 1. The van der Waals surface area contributed by atoms with E-state index in [1.165, 1.54) is 0 Å². The maximum Gasteiger partial charge on any atom is 0.227 e. The normalized spacial score (nSPS) is 16.4. The topological polar surface area (TPSA) is 93.0 Å². The molecule has 28 heavy (non-hydrogen) atoms. The fourth-order valence-electron chi connectivity index (χ4n) is 3.15. The second-order valence-electron chi connectivity index (χ2n) is 6.44. The molecule has 0 bridgehead atoms. The Balaban J connectivity index is 1.40. The molecular weight excluding hydrogens is 380 g/mol. The SMILES string of the molecule is O=C(NCc1nnnn1-c1ccccc1)C1CC(=O)N(c2ccc(Cl)cc2)C1. The molecule has 1 aliphatic heterocycles. The average Bonchev–Trinajstić information content (AvgIpc) is 3.34. The Kier molecular flexibility index (Phi) is 5.03. The number of rotatable bonds is 5. The van der Waals surface area contributed by atoms with Gasteiger partial charge in [0, 0.05) is 23.7 Å². The summed E-state index contributed by atoms with van der Waals surface area (Å²) in [5.74, 6) is -0.202. The average molecular weight is 397 g/mol. The van der Waals surface area contributed by atoms with E-state index in [-0.39, 0.29) is 24.8 Å². The van der Waals surface area contributed by atoms with Crippen molar-refractivity contribution in [2.75, 3.05) is 11.4 Å². The molecule has 0 radical (unpaired) electrons. The Morgan fingerprint density at radius 1 is 1.11 bits per heavy atom. The lowest BCUT2D eigenvalue weighted by Crippen LogP contribution is -2.33. The van der Waals surface area contributed by atoms with Crippen molar-refractivity contribution < 1.29 is 9.59 Å². The summed E-state index contributed by atoms with van der Waals surface area (Å²) in [6.45, 7) is 0.502. The maximum atomic E-state index is 12.6. The van der Waals surface area contributed by atoms with Crippen LogP contribution in [0.25, 0.3) is 5.69 Å². The predicted molar refractivity (Wildman–Crippen MR) is 103 cm³/mol. The van der Waals surface area contributed by atoms with Crippen molar-refractivity contribution in [3.63, 3.8) is 0 Å². The van der Waals surface area contributed by atoms with Gasteiger partial charge < -0.3 is 10.2 Å². The zero-order valence-electron chi connectivity index (χ0n) is 14.8. The van der Waals surface area contributed by atoms with E-state index in [1.807, 2.05) is 30.3 Å². The maximum absolute atomic E-state index is 12.6. The number of benzene rings is 2.